The van der Waals surface area contributed by atoms with Crippen molar-refractivity contribution in [2.45, 2.75) is 4.43 Å². The average Bonchev–Trinajstić information content (AvgIpc) is 1.94. The summed E-state index contributed by atoms with van der Waals surface area (Å²) in [5.74, 6) is -0.404. The van der Waals surface area contributed by atoms with Crippen LogP contribution in [0.5, 0.6) is 0 Å². The van der Waals surface area contributed by atoms with Gasteiger partial charge in [0.15, 0.2) is 5.82 Å². The molecular weight excluding hydrogens is 269 g/mol. The molecule has 0 fully saturated rings. The number of rotatable bonds is 1. The van der Waals surface area contributed by atoms with Crippen molar-refractivity contribution < 1.29 is 4.39 Å². The van der Waals surface area contributed by atoms with Crippen molar-refractivity contribution in [3.63, 3.8) is 0 Å². The van der Waals surface area contributed by atoms with E-state index in [1.165, 1.54) is 0 Å². The monoisotopic (exact) mass is 272 g/mol. The van der Waals surface area contributed by atoms with E-state index in [0.29, 0.717) is 10.1 Å². The second kappa shape index (κ2) is 3.43. The Morgan fingerprint density at radius 3 is 2.90 bits per heavy atom. The van der Waals surface area contributed by atoms with Gasteiger partial charge in [0.2, 0.25) is 5.28 Å². The van der Waals surface area contributed by atoms with E-state index in [9.17, 15) is 4.39 Å². The van der Waals surface area contributed by atoms with Gasteiger partial charge in [-0.3, -0.25) is 0 Å². The standard InChI is InChI=1S/C5H3ClFIN2/c6-5-9-2-3(7)4(1-8)10-5/h2H,1H2. The second-order valence-electron chi connectivity index (χ2n) is 1.57. The first kappa shape index (κ1) is 8.13. The zero-order valence-electron chi connectivity index (χ0n) is 4.81. The first-order valence-corrected chi connectivity index (χ1v) is 4.37. The normalized spacial score (nSPS) is 9.90. The Bertz CT molecular complexity index is 243. The van der Waals surface area contributed by atoms with E-state index in [2.05, 4.69) is 9.97 Å². The molecule has 0 aliphatic heterocycles. The number of hydrogen-bond donors (Lipinski definition) is 0. The Morgan fingerprint density at radius 2 is 2.40 bits per heavy atom. The van der Waals surface area contributed by atoms with Gasteiger partial charge in [0.1, 0.15) is 0 Å². The van der Waals surface area contributed by atoms with Gasteiger partial charge in [-0.2, -0.15) is 0 Å². The zero-order chi connectivity index (χ0) is 7.56. The summed E-state index contributed by atoms with van der Waals surface area (Å²) in [7, 11) is 0. The maximum absolute atomic E-state index is 12.6. The minimum Gasteiger partial charge on any atom is -0.223 e. The van der Waals surface area contributed by atoms with Crippen molar-refractivity contribution in [1.82, 2.24) is 9.97 Å². The minimum atomic E-state index is -0.404. The van der Waals surface area contributed by atoms with Crippen LogP contribution in [-0.4, -0.2) is 9.97 Å². The summed E-state index contributed by atoms with van der Waals surface area (Å²) in [5, 5.41) is 0.0908. The van der Waals surface area contributed by atoms with Gasteiger partial charge in [-0.15, -0.1) is 0 Å². The summed E-state index contributed by atoms with van der Waals surface area (Å²) >= 11 is 7.41. The van der Waals surface area contributed by atoms with Gasteiger partial charge in [0.25, 0.3) is 0 Å². The summed E-state index contributed by atoms with van der Waals surface area (Å²) in [5.41, 5.74) is 0.348. The number of aromatic nitrogens is 2. The fraction of sp³-hybridized carbons (Fsp3) is 0.200. The molecule has 1 heterocycles. The van der Waals surface area contributed by atoms with Crippen molar-refractivity contribution in [2.24, 2.45) is 0 Å². The second-order valence-corrected chi connectivity index (χ2v) is 2.67. The van der Waals surface area contributed by atoms with E-state index < -0.39 is 5.82 Å². The molecule has 0 spiro atoms. The molecule has 0 aliphatic carbocycles. The Labute approximate surface area is 76.0 Å². The molecule has 1 aromatic heterocycles. The molecule has 0 amide bonds. The molecule has 1 aromatic rings. The topological polar surface area (TPSA) is 25.8 Å². The first-order chi connectivity index (χ1) is 4.74. The number of nitrogens with zero attached hydrogens (tertiary/aromatic N) is 2. The Balaban J connectivity index is 3.09. The van der Waals surface area contributed by atoms with Gasteiger partial charge in [0.05, 0.1) is 11.9 Å². The Hall–Kier alpha value is 0.0300. The van der Waals surface area contributed by atoms with E-state index in [0.717, 1.165) is 6.20 Å². The molecule has 0 bridgehead atoms. The van der Waals surface area contributed by atoms with Crippen LogP contribution in [0.2, 0.25) is 5.28 Å². The first-order valence-electron chi connectivity index (χ1n) is 2.47. The smallest absolute Gasteiger partial charge is 0.222 e. The van der Waals surface area contributed by atoms with Gasteiger partial charge < -0.3 is 0 Å². The third-order valence-electron chi connectivity index (χ3n) is 0.914. The summed E-state index contributed by atoms with van der Waals surface area (Å²) < 4.78 is 13.1. The van der Waals surface area contributed by atoms with Gasteiger partial charge >= 0.3 is 0 Å². The number of hydrogen-bond acceptors (Lipinski definition) is 2. The fourth-order valence-corrected chi connectivity index (χ4v) is 1.16. The highest BCUT2D eigenvalue weighted by Crippen LogP contribution is 2.09. The van der Waals surface area contributed by atoms with Crippen molar-refractivity contribution >= 4 is 34.2 Å². The molecule has 0 atom stereocenters. The van der Waals surface area contributed by atoms with E-state index in [1.54, 1.807) is 0 Å². The van der Waals surface area contributed by atoms with E-state index in [1.807, 2.05) is 22.6 Å². The van der Waals surface area contributed by atoms with Crippen LogP contribution in [0.25, 0.3) is 0 Å². The van der Waals surface area contributed by atoms with Gasteiger partial charge in [0, 0.05) is 4.43 Å². The number of halogens is 3. The van der Waals surface area contributed by atoms with Crippen molar-refractivity contribution in [2.75, 3.05) is 0 Å². The summed E-state index contributed by atoms with van der Waals surface area (Å²) in [6.07, 6.45) is 1.07. The van der Waals surface area contributed by atoms with Crippen molar-refractivity contribution in [3.05, 3.63) is 23.0 Å². The highest BCUT2D eigenvalue weighted by Gasteiger charge is 2.02. The molecule has 1 rings (SSSR count). The molecule has 10 heavy (non-hydrogen) atoms. The lowest BCUT2D eigenvalue weighted by Crippen LogP contribution is -1.93. The molecule has 0 aromatic carbocycles. The Kier molecular flexibility index (Phi) is 2.79. The lowest BCUT2D eigenvalue weighted by molar-refractivity contribution is 0.601. The van der Waals surface area contributed by atoms with E-state index in [-0.39, 0.29) is 5.28 Å². The molecule has 5 heteroatoms. The van der Waals surface area contributed by atoms with Gasteiger partial charge in [-0.1, -0.05) is 22.6 Å². The van der Waals surface area contributed by atoms with E-state index in [4.69, 9.17) is 11.6 Å². The molecule has 0 N–H and O–H groups in total. The highest BCUT2D eigenvalue weighted by molar-refractivity contribution is 14.1. The number of alkyl halides is 1. The van der Waals surface area contributed by atoms with Crippen LogP contribution in [0, 0.1) is 5.82 Å². The summed E-state index contributed by atoms with van der Waals surface area (Å²) in [4.78, 5) is 7.13. The van der Waals surface area contributed by atoms with Crippen molar-refractivity contribution in [1.29, 1.82) is 0 Å². The third kappa shape index (κ3) is 1.76. The predicted molar refractivity (Wildman–Crippen MR) is 44.7 cm³/mol. The fourth-order valence-electron chi connectivity index (χ4n) is 0.472. The van der Waals surface area contributed by atoms with Gasteiger partial charge in [-0.05, 0) is 11.6 Å². The quantitative estimate of drug-likeness (QED) is 0.445. The van der Waals surface area contributed by atoms with Crippen LogP contribution in [0.3, 0.4) is 0 Å². The third-order valence-corrected chi connectivity index (χ3v) is 1.82. The molecular formula is C5H3ClFIN2. The highest BCUT2D eigenvalue weighted by atomic mass is 127. The molecule has 0 radical (unpaired) electrons. The molecule has 0 aliphatic rings. The Morgan fingerprint density at radius 1 is 1.70 bits per heavy atom. The van der Waals surface area contributed by atoms with Crippen molar-refractivity contribution in [3.8, 4) is 0 Å². The lowest BCUT2D eigenvalue weighted by atomic mass is 10.4. The van der Waals surface area contributed by atoms with Crippen LogP contribution >= 0.6 is 34.2 Å². The molecule has 54 valence electrons. The summed E-state index contributed by atoms with van der Waals surface area (Å²) in [6, 6.07) is 0. The van der Waals surface area contributed by atoms with Crippen LogP contribution in [0.1, 0.15) is 5.69 Å². The zero-order valence-corrected chi connectivity index (χ0v) is 7.73. The van der Waals surface area contributed by atoms with Gasteiger partial charge in [-0.25, -0.2) is 14.4 Å². The maximum Gasteiger partial charge on any atom is 0.222 e. The predicted octanol–water partition coefficient (Wildman–Crippen LogP) is 2.20. The van der Waals surface area contributed by atoms with Crippen LogP contribution in [-0.2, 0) is 4.43 Å². The summed E-state index contributed by atoms with van der Waals surface area (Å²) in [6.45, 7) is 0. The van der Waals surface area contributed by atoms with Crippen LogP contribution in [0.4, 0.5) is 4.39 Å². The van der Waals surface area contributed by atoms with Crippen LogP contribution < -0.4 is 0 Å². The van der Waals surface area contributed by atoms with E-state index >= 15 is 0 Å². The SMILES string of the molecule is Fc1cnc(Cl)nc1CI. The maximum atomic E-state index is 12.6. The largest absolute Gasteiger partial charge is 0.223 e. The molecule has 0 unspecified atom stereocenters. The average molecular weight is 272 g/mol. The minimum absolute atomic E-state index is 0.0908. The molecule has 0 saturated heterocycles. The van der Waals surface area contributed by atoms with Crippen LogP contribution in [0.15, 0.2) is 6.20 Å². The lowest BCUT2D eigenvalue weighted by Gasteiger charge is -1.95. The molecule has 2 nitrogen and oxygen atoms in total. The molecule has 0 saturated carbocycles.